The van der Waals surface area contributed by atoms with Crippen molar-refractivity contribution >= 4 is 28.4 Å². The van der Waals surface area contributed by atoms with Gasteiger partial charge in [0.1, 0.15) is 0 Å². The topological polar surface area (TPSA) is 48.6 Å². The Bertz CT molecular complexity index is 782. The third kappa shape index (κ3) is 3.28. The normalized spacial score (nSPS) is 19.8. The number of benzene rings is 1. The lowest BCUT2D eigenvalue weighted by Crippen LogP contribution is -2.45. The molecule has 1 fully saturated rings. The molecule has 2 aromatic rings. The molecule has 3 heterocycles. The molecule has 6 heteroatoms. The van der Waals surface area contributed by atoms with Crippen molar-refractivity contribution < 1.29 is 9.53 Å². The summed E-state index contributed by atoms with van der Waals surface area (Å²) in [7, 11) is 0. The first kappa shape index (κ1) is 16.9. The van der Waals surface area contributed by atoms with Crippen LogP contribution in [0.5, 0.6) is 0 Å². The summed E-state index contributed by atoms with van der Waals surface area (Å²) < 4.78 is 5.39. The second-order valence-electron chi connectivity index (χ2n) is 7.07. The van der Waals surface area contributed by atoms with E-state index in [2.05, 4.69) is 16.0 Å². The summed E-state index contributed by atoms with van der Waals surface area (Å²) in [5.41, 5.74) is 3.42. The summed E-state index contributed by atoms with van der Waals surface area (Å²) in [6.07, 6.45) is 0.857. The van der Waals surface area contributed by atoms with E-state index in [1.54, 1.807) is 0 Å². The number of H-pyrrole nitrogens is 1. The summed E-state index contributed by atoms with van der Waals surface area (Å²) in [4.78, 5) is 20.7. The second-order valence-corrected chi connectivity index (χ2v) is 7.48. The van der Waals surface area contributed by atoms with Crippen LogP contribution in [0, 0.1) is 5.92 Å². The maximum atomic E-state index is 12.9. The molecule has 0 radical (unpaired) electrons. The maximum Gasteiger partial charge on any atom is 0.227 e. The van der Waals surface area contributed by atoms with Crippen molar-refractivity contribution in [1.29, 1.82) is 0 Å². The van der Waals surface area contributed by atoms with E-state index in [-0.39, 0.29) is 11.8 Å². The molecule has 5 nitrogen and oxygen atoms in total. The standard InChI is InChI=1S/C19H24ClN3O2/c1-13(11-22-7-9-25-10-8-22)19(24)23-6-5-17-15(12-23)14-3-2-4-16(20)18(14)21-17/h2-4,13,21H,5-12H2,1H3/t13-/m0/s1. The van der Waals surface area contributed by atoms with E-state index in [9.17, 15) is 4.79 Å². The Morgan fingerprint density at radius 2 is 2.12 bits per heavy atom. The van der Waals surface area contributed by atoms with Crippen molar-refractivity contribution in [1.82, 2.24) is 14.8 Å². The van der Waals surface area contributed by atoms with Crippen molar-refractivity contribution in [2.45, 2.75) is 19.9 Å². The number of amides is 1. The average molecular weight is 362 g/mol. The molecule has 1 atom stereocenters. The first-order chi connectivity index (χ1) is 12.1. The van der Waals surface area contributed by atoms with Crippen molar-refractivity contribution in [3.63, 3.8) is 0 Å². The highest BCUT2D eigenvalue weighted by atomic mass is 35.5. The molecule has 1 aromatic heterocycles. The van der Waals surface area contributed by atoms with Crippen LogP contribution in [0.15, 0.2) is 18.2 Å². The van der Waals surface area contributed by atoms with Crippen LogP contribution in [0.4, 0.5) is 0 Å². The van der Waals surface area contributed by atoms with Gasteiger partial charge in [-0.25, -0.2) is 0 Å². The molecule has 1 N–H and O–H groups in total. The lowest BCUT2D eigenvalue weighted by atomic mass is 10.0. The second kappa shape index (κ2) is 6.98. The highest BCUT2D eigenvalue weighted by Crippen LogP contribution is 2.32. The summed E-state index contributed by atoms with van der Waals surface area (Å²) in [5.74, 6) is 0.252. The van der Waals surface area contributed by atoms with Gasteiger partial charge in [0.05, 0.1) is 23.8 Å². The molecular weight excluding hydrogens is 338 g/mol. The summed E-state index contributed by atoms with van der Waals surface area (Å²) in [6.45, 7) is 7.66. The number of carbonyl (C=O) groups excluding carboxylic acids is 1. The van der Waals surface area contributed by atoms with Gasteiger partial charge in [0, 0.05) is 61.7 Å². The summed E-state index contributed by atoms with van der Waals surface area (Å²) in [5, 5.41) is 1.88. The molecule has 1 saturated heterocycles. The molecule has 0 bridgehead atoms. The number of rotatable bonds is 3. The van der Waals surface area contributed by atoms with Gasteiger partial charge in [-0.3, -0.25) is 9.69 Å². The number of ether oxygens (including phenoxy) is 1. The summed E-state index contributed by atoms with van der Waals surface area (Å²) in [6, 6.07) is 5.96. The zero-order valence-electron chi connectivity index (χ0n) is 14.6. The molecule has 0 spiro atoms. The number of nitrogens with zero attached hydrogens (tertiary/aromatic N) is 2. The number of carbonyl (C=O) groups is 1. The van der Waals surface area contributed by atoms with Gasteiger partial charge in [-0.05, 0) is 6.07 Å². The van der Waals surface area contributed by atoms with E-state index in [4.69, 9.17) is 16.3 Å². The number of halogens is 1. The van der Waals surface area contributed by atoms with Gasteiger partial charge in [-0.1, -0.05) is 30.7 Å². The van der Waals surface area contributed by atoms with Crippen molar-refractivity contribution in [3.05, 3.63) is 34.5 Å². The lowest BCUT2D eigenvalue weighted by molar-refractivity contribution is -0.136. The SMILES string of the molecule is C[C@@H](CN1CCOCC1)C(=O)N1CCc2[nH]c3c(Cl)cccc3c2C1. The number of aromatic nitrogens is 1. The molecule has 0 aliphatic carbocycles. The molecular formula is C19H24ClN3O2. The van der Waals surface area contributed by atoms with Gasteiger partial charge < -0.3 is 14.6 Å². The number of hydrogen-bond donors (Lipinski definition) is 1. The van der Waals surface area contributed by atoms with E-state index in [1.807, 2.05) is 24.0 Å². The van der Waals surface area contributed by atoms with Crippen molar-refractivity contribution in [3.8, 4) is 0 Å². The number of aromatic amines is 1. The van der Waals surface area contributed by atoms with E-state index in [0.717, 1.165) is 61.7 Å². The van der Waals surface area contributed by atoms with Gasteiger partial charge in [0.25, 0.3) is 0 Å². The predicted molar refractivity (Wildman–Crippen MR) is 98.9 cm³/mol. The smallest absolute Gasteiger partial charge is 0.227 e. The minimum absolute atomic E-state index is 0.00782. The Morgan fingerprint density at radius 3 is 2.92 bits per heavy atom. The number of morpholine rings is 1. The van der Waals surface area contributed by atoms with Gasteiger partial charge in [-0.15, -0.1) is 0 Å². The molecule has 134 valence electrons. The van der Waals surface area contributed by atoms with E-state index in [0.29, 0.717) is 6.54 Å². The molecule has 0 saturated carbocycles. The third-order valence-corrected chi connectivity index (χ3v) is 5.64. The monoisotopic (exact) mass is 361 g/mol. The Morgan fingerprint density at radius 1 is 1.32 bits per heavy atom. The zero-order chi connectivity index (χ0) is 17.4. The molecule has 0 unspecified atom stereocenters. The maximum absolute atomic E-state index is 12.9. The highest BCUT2D eigenvalue weighted by molar-refractivity contribution is 6.35. The van der Waals surface area contributed by atoms with Crippen LogP contribution in [0.3, 0.4) is 0 Å². The number of para-hydroxylation sites is 1. The average Bonchev–Trinajstić information content (AvgIpc) is 3.01. The Labute approximate surface area is 152 Å². The van der Waals surface area contributed by atoms with Gasteiger partial charge in [0.15, 0.2) is 0 Å². The minimum atomic E-state index is 0.00782. The summed E-state index contributed by atoms with van der Waals surface area (Å²) >= 11 is 6.31. The first-order valence-electron chi connectivity index (χ1n) is 9.00. The fourth-order valence-electron chi connectivity index (χ4n) is 3.95. The highest BCUT2D eigenvalue weighted by Gasteiger charge is 2.28. The van der Waals surface area contributed by atoms with Gasteiger partial charge in [-0.2, -0.15) is 0 Å². The number of hydrogen-bond acceptors (Lipinski definition) is 3. The van der Waals surface area contributed by atoms with Crippen LogP contribution in [-0.4, -0.2) is 60.1 Å². The molecule has 2 aliphatic rings. The fraction of sp³-hybridized carbons (Fsp3) is 0.526. The molecule has 1 amide bonds. The number of fused-ring (bicyclic) bond motifs is 3. The van der Waals surface area contributed by atoms with Crippen molar-refractivity contribution in [2.75, 3.05) is 39.4 Å². The Kier molecular flexibility index (Phi) is 4.71. The lowest BCUT2D eigenvalue weighted by Gasteiger charge is -2.33. The van der Waals surface area contributed by atoms with Crippen LogP contribution in [0.2, 0.25) is 5.02 Å². The quantitative estimate of drug-likeness (QED) is 0.914. The van der Waals surface area contributed by atoms with Gasteiger partial charge in [0.2, 0.25) is 5.91 Å². The molecule has 25 heavy (non-hydrogen) atoms. The fourth-order valence-corrected chi connectivity index (χ4v) is 4.17. The van der Waals surface area contributed by atoms with Gasteiger partial charge >= 0.3 is 0 Å². The number of nitrogens with one attached hydrogen (secondary N) is 1. The van der Waals surface area contributed by atoms with E-state index >= 15 is 0 Å². The first-order valence-corrected chi connectivity index (χ1v) is 9.38. The Hall–Kier alpha value is -1.56. The van der Waals surface area contributed by atoms with Crippen molar-refractivity contribution in [2.24, 2.45) is 5.92 Å². The van der Waals surface area contributed by atoms with E-state index in [1.165, 1.54) is 11.3 Å². The molecule has 4 rings (SSSR count). The third-order valence-electron chi connectivity index (χ3n) is 5.33. The predicted octanol–water partition coefficient (Wildman–Crippen LogP) is 2.67. The van der Waals surface area contributed by atoms with Crippen LogP contribution in [0.1, 0.15) is 18.2 Å². The minimum Gasteiger partial charge on any atom is -0.379 e. The Balaban J connectivity index is 1.48. The van der Waals surface area contributed by atoms with Crippen LogP contribution in [-0.2, 0) is 22.5 Å². The largest absolute Gasteiger partial charge is 0.379 e. The molecule has 2 aliphatic heterocycles. The van der Waals surface area contributed by atoms with Crippen LogP contribution in [0.25, 0.3) is 10.9 Å². The van der Waals surface area contributed by atoms with Crippen LogP contribution >= 0.6 is 11.6 Å². The zero-order valence-corrected chi connectivity index (χ0v) is 15.3. The van der Waals surface area contributed by atoms with E-state index < -0.39 is 0 Å². The van der Waals surface area contributed by atoms with Crippen LogP contribution < -0.4 is 0 Å². The molecule has 1 aromatic carbocycles.